The number of morpholine rings is 1. The Morgan fingerprint density at radius 2 is 2.38 bits per heavy atom. The highest BCUT2D eigenvalue weighted by atomic mass is 32.1. The SMILES string of the molecule is Cc1nc(C2CN(C)CCO2)sc1C(C)O. The van der Waals surface area contributed by atoms with Crippen LogP contribution in [-0.4, -0.2) is 41.7 Å². The van der Waals surface area contributed by atoms with Gasteiger partial charge in [-0.05, 0) is 20.9 Å². The van der Waals surface area contributed by atoms with Crippen molar-refractivity contribution < 1.29 is 9.84 Å². The van der Waals surface area contributed by atoms with Gasteiger partial charge in [0.1, 0.15) is 11.1 Å². The molecule has 2 heterocycles. The van der Waals surface area contributed by atoms with Gasteiger partial charge in [-0.1, -0.05) is 0 Å². The van der Waals surface area contributed by atoms with Gasteiger partial charge in [-0.2, -0.15) is 0 Å². The number of aliphatic hydroxyl groups is 1. The van der Waals surface area contributed by atoms with Crippen molar-refractivity contribution in [2.75, 3.05) is 26.7 Å². The van der Waals surface area contributed by atoms with Gasteiger partial charge in [0.15, 0.2) is 0 Å². The number of rotatable bonds is 2. The van der Waals surface area contributed by atoms with E-state index in [1.165, 1.54) is 0 Å². The predicted molar refractivity (Wildman–Crippen MR) is 63.7 cm³/mol. The molecule has 1 aliphatic heterocycles. The van der Waals surface area contributed by atoms with E-state index in [-0.39, 0.29) is 6.10 Å². The minimum absolute atomic E-state index is 0.0648. The van der Waals surface area contributed by atoms with E-state index in [2.05, 4.69) is 16.9 Å². The number of hydrogen-bond donors (Lipinski definition) is 1. The normalized spacial score (nSPS) is 24.6. The Labute approximate surface area is 99.9 Å². The van der Waals surface area contributed by atoms with E-state index in [4.69, 9.17) is 4.74 Å². The summed E-state index contributed by atoms with van der Waals surface area (Å²) >= 11 is 1.56. The zero-order chi connectivity index (χ0) is 11.7. The van der Waals surface area contributed by atoms with Crippen molar-refractivity contribution in [2.24, 2.45) is 0 Å². The van der Waals surface area contributed by atoms with Crippen LogP contribution in [0.4, 0.5) is 0 Å². The smallest absolute Gasteiger partial charge is 0.123 e. The van der Waals surface area contributed by atoms with Gasteiger partial charge in [0, 0.05) is 13.1 Å². The summed E-state index contributed by atoms with van der Waals surface area (Å²) < 4.78 is 5.71. The molecule has 0 spiro atoms. The van der Waals surface area contributed by atoms with Crippen molar-refractivity contribution in [3.05, 3.63) is 15.6 Å². The van der Waals surface area contributed by atoms with E-state index in [9.17, 15) is 5.11 Å². The maximum absolute atomic E-state index is 9.59. The fourth-order valence-corrected chi connectivity index (χ4v) is 2.93. The third kappa shape index (κ3) is 2.43. The highest BCUT2D eigenvalue weighted by molar-refractivity contribution is 7.11. The van der Waals surface area contributed by atoms with Crippen LogP contribution in [-0.2, 0) is 4.74 Å². The number of nitrogens with zero attached hydrogens (tertiary/aromatic N) is 2. The van der Waals surface area contributed by atoms with Crippen LogP contribution in [0, 0.1) is 6.92 Å². The van der Waals surface area contributed by atoms with Crippen LogP contribution in [0.3, 0.4) is 0 Å². The van der Waals surface area contributed by atoms with Crippen LogP contribution >= 0.6 is 11.3 Å². The van der Waals surface area contributed by atoms with Crippen molar-refractivity contribution in [1.82, 2.24) is 9.88 Å². The summed E-state index contributed by atoms with van der Waals surface area (Å²) in [4.78, 5) is 7.69. The van der Waals surface area contributed by atoms with Crippen LogP contribution in [0.2, 0.25) is 0 Å². The Morgan fingerprint density at radius 1 is 1.62 bits per heavy atom. The van der Waals surface area contributed by atoms with E-state index in [1.807, 2.05) is 6.92 Å². The number of aryl methyl sites for hydroxylation is 1. The molecule has 1 fully saturated rings. The van der Waals surface area contributed by atoms with E-state index in [0.717, 1.165) is 35.3 Å². The summed E-state index contributed by atoms with van der Waals surface area (Å²) in [5.41, 5.74) is 0.923. The van der Waals surface area contributed by atoms with Crippen LogP contribution < -0.4 is 0 Å². The summed E-state index contributed by atoms with van der Waals surface area (Å²) in [5, 5.41) is 10.6. The Kier molecular flexibility index (Phi) is 3.59. The van der Waals surface area contributed by atoms with Crippen LogP contribution in [0.5, 0.6) is 0 Å². The molecule has 0 radical (unpaired) electrons. The van der Waals surface area contributed by atoms with Crippen molar-refractivity contribution in [1.29, 1.82) is 0 Å². The molecule has 2 rings (SSSR count). The lowest BCUT2D eigenvalue weighted by Gasteiger charge is -2.28. The van der Waals surface area contributed by atoms with Crippen molar-refractivity contribution >= 4 is 11.3 Å². The monoisotopic (exact) mass is 242 g/mol. The largest absolute Gasteiger partial charge is 0.388 e. The molecule has 1 N–H and O–H groups in total. The highest BCUT2D eigenvalue weighted by Crippen LogP contribution is 2.31. The Balaban J connectivity index is 2.17. The zero-order valence-electron chi connectivity index (χ0n) is 9.93. The van der Waals surface area contributed by atoms with E-state index in [1.54, 1.807) is 18.3 Å². The average molecular weight is 242 g/mol. The number of aliphatic hydroxyl groups excluding tert-OH is 1. The molecule has 90 valence electrons. The number of thiazole rings is 1. The van der Waals surface area contributed by atoms with Crippen molar-refractivity contribution in [3.8, 4) is 0 Å². The molecular weight excluding hydrogens is 224 g/mol. The first-order valence-electron chi connectivity index (χ1n) is 5.53. The summed E-state index contributed by atoms with van der Waals surface area (Å²) in [6.07, 6.45) is -0.373. The molecule has 16 heavy (non-hydrogen) atoms. The first-order chi connectivity index (χ1) is 7.58. The first-order valence-corrected chi connectivity index (χ1v) is 6.35. The maximum atomic E-state index is 9.59. The second-order valence-corrected chi connectivity index (χ2v) is 5.36. The second-order valence-electron chi connectivity index (χ2n) is 4.30. The van der Waals surface area contributed by atoms with Crippen molar-refractivity contribution in [3.63, 3.8) is 0 Å². The van der Waals surface area contributed by atoms with Gasteiger partial charge in [-0.25, -0.2) is 4.98 Å². The van der Waals surface area contributed by atoms with E-state index >= 15 is 0 Å². The number of hydrogen-bond acceptors (Lipinski definition) is 5. The van der Waals surface area contributed by atoms with Crippen LogP contribution in [0.25, 0.3) is 0 Å². The highest BCUT2D eigenvalue weighted by Gasteiger charge is 2.24. The Hall–Kier alpha value is -0.490. The molecule has 5 heteroatoms. The molecule has 1 aromatic heterocycles. The molecule has 2 atom stereocenters. The molecule has 0 amide bonds. The predicted octanol–water partition coefficient (Wildman–Crippen LogP) is 1.51. The Bertz CT molecular complexity index is 365. The molecular formula is C11H18N2O2S. The molecule has 4 nitrogen and oxygen atoms in total. The molecule has 2 unspecified atom stereocenters. The average Bonchev–Trinajstić information content (AvgIpc) is 2.60. The molecule has 0 aromatic carbocycles. The van der Waals surface area contributed by atoms with Gasteiger partial charge < -0.3 is 14.7 Å². The Morgan fingerprint density at radius 3 is 2.94 bits per heavy atom. The lowest BCUT2D eigenvalue weighted by Crippen LogP contribution is -2.35. The van der Waals surface area contributed by atoms with Gasteiger partial charge in [0.25, 0.3) is 0 Å². The molecule has 1 aromatic rings. The quantitative estimate of drug-likeness (QED) is 0.854. The van der Waals surface area contributed by atoms with Gasteiger partial charge in [-0.3, -0.25) is 0 Å². The fraction of sp³-hybridized carbons (Fsp3) is 0.727. The second kappa shape index (κ2) is 4.79. The topological polar surface area (TPSA) is 45.6 Å². The number of ether oxygens (including phenoxy) is 1. The summed E-state index contributed by atoms with van der Waals surface area (Å²) in [6.45, 7) is 6.33. The minimum Gasteiger partial charge on any atom is -0.388 e. The van der Waals surface area contributed by atoms with E-state index < -0.39 is 6.10 Å². The molecule has 0 aliphatic carbocycles. The van der Waals surface area contributed by atoms with Crippen LogP contribution in [0.15, 0.2) is 0 Å². The van der Waals surface area contributed by atoms with Gasteiger partial charge in [0.2, 0.25) is 0 Å². The van der Waals surface area contributed by atoms with Crippen LogP contribution in [0.1, 0.15) is 34.7 Å². The summed E-state index contributed by atoms with van der Waals surface area (Å²) in [5.74, 6) is 0. The summed E-state index contributed by atoms with van der Waals surface area (Å²) in [6, 6.07) is 0. The van der Waals surface area contributed by atoms with E-state index in [0.29, 0.717) is 0 Å². The number of aromatic nitrogens is 1. The third-order valence-corrected chi connectivity index (χ3v) is 4.19. The molecule has 0 bridgehead atoms. The maximum Gasteiger partial charge on any atom is 0.123 e. The zero-order valence-corrected chi connectivity index (χ0v) is 10.8. The molecule has 0 saturated carbocycles. The lowest BCUT2D eigenvalue weighted by atomic mass is 10.3. The standard InChI is InChI=1S/C11H18N2O2S/c1-7-10(8(2)14)16-11(12-7)9-6-13(3)4-5-15-9/h8-9,14H,4-6H2,1-3H3. The third-order valence-electron chi connectivity index (χ3n) is 2.77. The van der Waals surface area contributed by atoms with Gasteiger partial charge >= 0.3 is 0 Å². The number of likely N-dealkylation sites (N-methyl/N-ethyl adjacent to an activating group) is 1. The molecule has 1 aliphatic rings. The molecule has 1 saturated heterocycles. The fourth-order valence-electron chi connectivity index (χ4n) is 1.88. The van der Waals surface area contributed by atoms with Crippen molar-refractivity contribution in [2.45, 2.75) is 26.1 Å². The minimum atomic E-state index is -0.437. The lowest BCUT2D eigenvalue weighted by molar-refractivity contribution is -0.0210. The first kappa shape index (κ1) is 12.0. The summed E-state index contributed by atoms with van der Waals surface area (Å²) in [7, 11) is 2.09. The van der Waals surface area contributed by atoms with Gasteiger partial charge in [0.05, 0.1) is 23.3 Å². The van der Waals surface area contributed by atoms with Gasteiger partial charge in [-0.15, -0.1) is 11.3 Å².